The van der Waals surface area contributed by atoms with E-state index in [1.807, 2.05) is 0 Å². The standard InChI is InChI=1S/C18H19ClFN3O2/c1-25-16-7-11(20)3-5-13(16)14-8-17(22-9-15(14)19)23-18(24)10-2-4-12(21)6-10/h3,5,7-10,12H,2,4,6,21H2,1H3,(H,22,23,24)/t10-,12+/m0/s1. The lowest BCUT2D eigenvalue weighted by atomic mass is 10.0. The molecule has 1 heterocycles. The summed E-state index contributed by atoms with van der Waals surface area (Å²) in [5.74, 6) is 0.136. The van der Waals surface area contributed by atoms with Gasteiger partial charge in [-0.15, -0.1) is 0 Å². The van der Waals surface area contributed by atoms with Crippen LogP contribution in [0.5, 0.6) is 5.75 Å². The van der Waals surface area contributed by atoms with Crippen molar-refractivity contribution in [2.45, 2.75) is 25.3 Å². The number of ether oxygens (including phenoxy) is 1. The van der Waals surface area contributed by atoms with E-state index in [1.54, 1.807) is 12.1 Å². The average Bonchev–Trinajstić information content (AvgIpc) is 3.03. The van der Waals surface area contributed by atoms with E-state index in [4.69, 9.17) is 22.1 Å². The van der Waals surface area contributed by atoms with Gasteiger partial charge in [0.2, 0.25) is 5.91 Å². The van der Waals surface area contributed by atoms with Crippen molar-refractivity contribution in [1.29, 1.82) is 0 Å². The van der Waals surface area contributed by atoms with Gasteiger partial charge in [0.1, 0.15) is 17.4 Å². The van der Waals surface area contributed by atoms with E-state index in [-0.39, 0.29) is 17.9 Å². The van der Waals surface area contributed by atoms with Gasteiger partial charge in [0.15, 0.2) is 0 Å². The Morgan fingerprint density at radius 3 is 2.84 bits per heavy atom. The third-order valence-electron chi connectivity index (χ3n) is 4.40. The van der Waals surface area contributed by atoms with Crippen LogP contribution in [0.4, 0.5) is 10.2 Å². The van der Waals surface area contributed by atoms with Crippen LogP contribution >= 0.6 is 11.6 Å². The Morgan fingerprint density at radius 2 is 2.16 bits per heavy atom. The van der Waals surface area contributed by atoms with Gasteiger partial charge >= 0.3 is 0 Å². The number of nitrogens with zero attached hydrogens (tertiary/aromatic N) is 1. The molecular weight excluding hydrogens is 345 g/mol. The second-order valence-electron chi connectivity index (χ2n) is 6.15. The molecule has 1 aromatic heterocycles. The van der Waals surface area contributed by atoms with Crippen LogP contribution in [0.15, 0.2) is 30.5 Å². The Hall–Kier alpha value is -2.18. The highest BCUT2D eigenvalue weighted by Gasteiger charge is 2.28. The van der Waals surface area contributed by atoms with Gasteiger partial charge in [0, 0.05) is 35.3 Å². The van der Waals surface area contributed by atoms with Gasteiger partial charge in [-0.3, -0.25) is 4.79 Å². The number of nitrogens with one attached hydrogen (secondary N) is 1. The third-order valence-corrected chi connectivity index (χ3v) is 4.71. The molecule has 0 saturated heterocycles. The summed E-state index contributed by atoms with van der Waals surface area (Å²) in [5.41, 5.74) is 7.09. The van der Waals surface area contributed by atoms with Crippen molar-refractivity contribution in [3.63, 3.8) is 0 Å². The summed E-state index contributed by atoms with van der Waals surface area (Å²) < 4.78 is 18.6. The highest BCUT2D eigenvalue weighted by Crippen LogP contribution is 2.36. The number of anilines is 1. The minimum atomic E-state index is -0.406. The zero-order valence-corrected chi connectivity index (χ0v) is 14.5. The largest absolute Gasteiger partial charge is 0.496 e. The van der Waals surface area contributed by atoms with Crippen molar-refractivity contribution in [1.82, 2.24) is 4.98 Å². The molecule has 1 aromatic carbocycles. The molecule has 0 aliphatic heterocycles. The molecule has 3 N–H and O–H groups in total. The van der Waals surface area contributed by atoms with Crippen LogP contribution < -0.4 is 15.8 Å². The average molecular weight is 364 g/mol. The molecule has 0 radical (unpaired) electrons. The molecule has 132 valence electrons. The maximum atomic E-state index is 13.4. The van der Waals surface area contributed by atoms with Crippen LogP contribution in [0.1, 0.15) is 19.3 Å². The summed E-state index contributed by atoms with van der Waals surface area (Å²) in [6.45, 7) is 0. The number of hydrogen-bond donors (Lipinski definition) is 2. The molecule has 1 aliphatic carbocycles. The number of amides is 1. The molecule has 7 heteroatoms. The van der Waals surface area contributed by atoms with E-state index < -0.39 is 5.82 Å². The summed E-state index contributed by atoms with van der Waals surface area (Å²) in [4.78, 5) is 16.5. The van der Waals surface area contributed by atoms with Gasteiger partial charge in [0.05, 0.1) is 12.1 Å². The molecule has 0 bridgehead atoms. The first-order chi connectivity index (χ1) is 12.0. The number of halogens is 2. The van der Waals surface area contributed by atoms with E-state index in [9.17, 15) is 9.18 Å². The maximum Gasteiger partial charge on any atom is 0.228 e. The zero-order valence-electron chi connectivity index (χ0n) is 13.8. The Bertz CT molecular complexity index is 800. The van der Waals surface area contributed by atoms with Gasteiger partial charge in [-0.05, 0) is 37.5 Å². The fourth-order valence-corrected chi connectivity index (χ4v) is 3.29. The number of aromatic nitrogens is 1. The lowest BCUT2D eigenvalue weighted by molar-refractivity contribution is -0.119. The summed E-state index contributed by atoms with van der Waals surface area (Å²) >= 11 is 6.24. The van der Waals surface area contributed by atoms with Crippen LogP contribution in [-0.4, -0.2) is 24.0 Å². The fraction of sp³-hybridized carbons (Fsp3) is 0.333. The number of methoxy groups -OCH3 is 1. The molecule has 1 fully saturated rings. The topological polar surface area (TPSA) is 77.2 Å². The van der Waals surface area contributed by atoms with Crippen molar-refractivity contribution in [3.05, 3.63) is 41.3 Å². The number of pyridine rings is 1. The quantitative estimate of drug-likeness (QED) is 0.869. The zero-order chi connectivity index (χ0) is 18.0. The first-order valence-electron chi connectivity index (χ1n) is 8.04. The van der Waals surface area contributed by atoms with Crippen LogP contribution in [0, 0.1) is 11.7 Å². The lowest BCUT2D eigenvalue weighted by Crippen LogP contribution is -2.23. The molecule has 3 rings (SSSR count). The van der Waals surface area contributed by atoms with Crippen molar-refractivity contribution in [2.75, 3.05) is 12.4 Å². The lowest BCUT2D eigenvalue weighted by Gasteiger charge is -2.13. The molecule has 0 spiro atoms. The van der Waals surface area contributed by atoms with Gasteiger partial charge in [-0.2, -0.15) is 0 Å². The van der Waals surface area contributed by atoms with E-state index in [0.717, 1.165) is 12.8 Å². The highest BCUT2D eigenvalue weighted by atomic mass is 35.5. The maximum absolute atomic E-state index is 13.4. The van der Waals surface area contributed by atoms with Crippen molar-refractivity contribution in [3.8, 4) is 16.9 Å². The first kappa shape index (κ1) is 17.6. The summed E-state index contributed by atoms with van der Waals surface area (Å²) in [5, 5.41) is 3.19. The van der Waals surface area contributed by atoms with E-state index in [2.05, 4.69) is 10.3 Å². The first-order valence-corrected chi connectivity index (χ1v) is 8.41. The van der Waals surface area contributed by atoms with Gasteiger partial charge in [-0.25, -0.2) is 9.37 Å². The molecule has 1 aliphatic rings. The molecule has 2 aromatic rings. The third kappa shape index (κ3) is 3.91. The van der Waals surface area contributed by atoms with Crippen LogP contribution in [0.3, 0.4) is 0 Å². The van der Waals surface area contributed by atoms with E-state index in [1.165, 1.54) is 25.4 Å². The number of carbonyl (C=O) groups is 1. The SMILES string of the molecule is COc1cc(F)ccc1-c1cc(NC(=O)[C@H]2CC[C@@H](N)C2)ncc1Cl. The molecule has 25 heavy (non-hydrogen) atoms. The van der Waals surface area contributed by atoms with Crippen molar-refractivity contribution >= 4 is 23.3 Å². The number of carbonyl (C=O) groups excluding carboxylic acids is 1. The van der Waals surface area contributed by atoms with E-state index >= 15 is 0 Å². The molecule has 2 atom stereocenters. The minimum absolute atomic E-state index is 0.0768. The van der Waals surface area contributed by atoms with Gasteiger partial charge < -0.3 is 15.8 Å². The fourth-order valence-electron chi connectivity index (χ4n) is 3.08. The van der Waals surface area contributed by atoms with Gasteiger partial charge in [-0.1, -0.05) is 11.6 Å². The normalized spacial score (nSPS) is 19.7. The number of hydrogen-bond acceptors (Lipinski definition) is 4. The second kappa shape index (κ2) is 7.37. The van der Waals surface area contributed by atoms with Crippen LogP contribution in [0.25, 0.3) is 11.1 Å². The Morgan fingerprint density at radius 1 is 1.36 bits per heavy atom. The predicted octanol–water partition coefficient (Wildman–Crippen LogP) is 3.62. The van der Waals surface area contributed by atoms with E-state index in [0.29, 0.717) is 34.1 Å². The summed E-state index contributed by atoms with van der Waals surface area (Å²) in [6, 6.07) is 5.92. The second-order valence-corrected chi connectivity index (χ2v) is 6.56. The number of rotatable bonds is 4. The Labute approximate surface area is 150 Å². The predicted molar refractivity (Wildman–Crippen MR) is 95.1 cm³/mol. The summed E-state index contributed by atoms with van der Waals surface area (Å²) in [7, 11) is 1.46. The molecular formula is C18H19ClFN3O2. The van der Waals surface area contributed by atoms with Crippen molar-refractivity contribution < 1.29 is 13.9 Å². The van der Waals surface area contributed by atoms with Crippen LogP contribution in [0.2, 0.25) is 5.02 Å². The highest BCUT2D eigenvalue weighted by molar-refractivity contribution is 6.33. The molecule has 5 nitrogen and oxygen atoms in total. The Balaban J connectivity index is 1.87. The molecule has 1 amide bonds. The monoisotopic (exact) mass is 363 g/mol. The number of benzene rings is 1. The Kier molecular flexibility index (Phi) is 5.20. The van der Waals surface area contributed by atoms with Gasteiger partial charge in [0.25, 0.3) is 0 Å². The van der Waals surface area contributed by atoms with Crippen molar-refractivity contribution in [2.24, 2.45) is 11.7 Å². The number of nitrogens with two attached hydrogens (primary N) is 1. The molecule has 0 unspecified atom stereocenters. The molecule has 1 saturated carbocycles. The minimum Gasteiger partial charge on any atom is -0.496 e. The van der Waals surface area contributed by atoms with Crippen LogP contribution in [-0.2, 0) is 4.79 Å². The smallest absolute Gasteiger partial charge is 0.228 e. The summed E-state index contributed by atoms with van der Waals surface area (Å²) in [6.07, 6.45) is 3.76.